The summed E-state index contributed by atoms with van der Waals surface area (Å²) in [6.07, 6.45) is 2.76. The molecule has 0 radical (unpaired) electrons. The van der Waals surface area contributed by atoms with E-state index in [0.717, 1.165) is 12.2 Å². The minimum Gasteiger partial charge on any atom is -0.481 e. The maximum Gasteiger partial charge on any atom is 0.331 e. The second kappa shape index (κ2) is 10.4. The lowest BCUT2D eigenvalue weighted by atomic mass is 10.2. The van der Waals surface area contributed by atoms with Gasteiger partial charge in [-0.15, -0.1) is 0 Å². The molecule has 1 heterocycles. The summed E-state index contributed by atoms with van der Waals surface area (Å²) in [5.74, 6) is -2.75. The Morgan fingerprint density at radius 3 is 2.05 bits per heavy atom. The monoisotopic (exact) mass is 302 g/mol. The number of esters is 2. The fourth-order valence-corrected chi connectivity index (χ4v) is 1.21. The Bertz CT molecular complexity index is 396. The molecule has 1 rings (SSSR count). The highest BCUT2D eigenvalue weighted by atomic mass is 16.6. The first-order valence-electron chi connectivity index (χ1n) is 6.30. The van der Waals surface area contributed by atoms with Crippen molar-refractivity contribution in [2.45, 2.75) is 38.7 Å². The Kier molecular flexibility index (Phi) is 9.23. The van der Waals surface area contributed by atoms with Crippen molar-refractivity contribution >= 4 is 23.9 Å². The third-order valence-electron chi connectivity index (χ3n) is 2.16. The molecule has 21 heavy (non-hydrogen) atoms. The fourth-order valence-electron chi connectivity index (χ4n) is 1.21. The predicted octanol–water partition coefficient (Wildman–Crippen LogP) is 0.747. The Labute approximate surface area is 121 Å². The normalized spacial score (nSPS) is 19.0. The molecule has 1 aliphatic heterocycles. The van der Waals surface area contributed by atoms with Gasteiger partial charge < -0.3 is 19.7 Å². The molecule has 1 unspecified atom stereocenters. The highest BCUT2D eigenvalue weighted by Crippen LogP contribution is 1.99. The summed E-state index contributed by atoms with van der Waals surface area (Å²) in [5.41, 5.74) is 0. The van der Waals surface area contributed by atoms with Crippen LogP contribution in [0.2, 0.25) is 0 Å². The predicted molar refractivity (Wildman–Crippen MR) is 69.4 cm³/mol. The smallest absolute Gasteiger partial charge is 0.331 e. The number of carboxylic acid groups (broad SMARTS) is 2. The summed E-state index contributed by atoms with van der Waals surface area (Å²) >= 11 is 0. The van der Waals surface area contributed by atoms with Gasteiger partial charge in [0.15, 0.2) is 0 Å². The minimum atomic E-state index is -0.870. The Morgan fingerprint density at radius 1 is 1.10 bits per heavy atom. The number of carbonyl (C=O) groups excluding carboxylic acids is 2. The highest BCUT2D eigenvalue weighted by Gasteiger charge is 2.12. The fraction of sp³-hybridized carbons (Fsp3) is 0.538. The molecule has 0 aromatic carbocycles. The number of aliphatic carboxylic acids is 2. The lowest BCUT2D eigenvalue weighted by Gasteiger charge is -2.13. The molecule has 0 saturated heterocycles. The van der Waals surface area contributed by atoms with Gasteiger partial charge in [-0.2, -0.15) is 0 Å². The van der Waals surface area contributed by atoms with Crippen LogP contribution in [0.1, 0.15) is 32.6 Å². The lowest BCUT2D eigenvalue weighted by molar-refractivity contribution is -0.153. The zero-order chi connectivity index (χ0) is 16.3. The zero-order valence-electron chi connectivity index (χ0n) is 11.6. The average Bonchev–Trinajstić information content (AvgIpc) is 2.38. The van der Waals surface area contributed by atoms with Gasteiger partial charge in [0.25, 0.3) is 0 Å². The first-order chi connectivity index (χ1) is 9.81. The van der Waals surface area contributed by atoms with Gasteiger partial charge in [-0.25, -0.2) is 9.59 Å². The first-order valence-corrected chi connectivity index (χ1v) is 6.30. The number of unbranched alkanes of at least 4 members (excludes halogenated alkanes) is 1. The van der Waals surface area contributed by atoms with Crippen LogP contribution in [0.25, 0.3) is 0 Å². The second-order valence-corrected chi connectivity index (χ2v) is 4.21. The van der Waals surface area contributed by atoms with E-state index in [0.29, 0.717) is 12.8 Å². The first kappa shape index (κ1) is 18.6. The number of carboxylic acids is 2. The quantitative estimate of drug-likeness (QED) is 0.562. The molecule has 118 valence electrons. The van der Waals surface area contributed by atoms with Crippen molar-refractivity contribution in [1.29, 1.82) is 0 Å². The molecule has 2 N–H and O–H groups in total. The Hall–Kier alpha value is -2.38. The third kappa shape index (κ3) is 12.4. The van der Waals surface area contributed by atoms with Crippen molar-refractivity contribution in [3.8, 4) is 0 Å². The number of hydrogen-bond acceptors (Lipinski definition) is 6. The van der Waals surface area contributed by atoms with Crippen LogP contribution < -0.4 is 0 Å². The van der Waals surface area contributed by atoms with Gasteiger partial charge in [0, 0.05) is 25.0 Å². The molecule has 0 aromatic rings. The van der Waals surface area contributed by atoms with Crippen LogP contribution in [0, 0.1) is 0 Å². The van der Waals surface area contributed by atoms with Gasteiger partial charge in [0.2, 0.25) is 0 Å². The number of ether oxygens (including phenoxy) is 2. The summed E-state index contributed by atoms with van der Waals surface area (Å²) < 4.78 is 9.38. The molecule has 0 spiro atoms. The van der Waals surface area contributed by atoms with E-state index in [2.05, 4.69) is 4.74 Å². The van der Waals surface area contributed by atoms with Gasteiger partial charge >= 0.3 is 23.9 Å². The highest BCUT2D eigenvalue weighted by molar-refractivity contribution is 5.92. The number of rotatable bonds is 5. The van der Waals surface area contributed by atoms with Gasteiger partial charge in [0.05, 0.1) is 0 Å². The molecule has 0 fully saturated rings. The van der Waals surface area contributed by atoms with E-state index in [9.17, 15) is 19.2 Å². The molecule has 0 saturated carbocycles. The van der Waals surface area contributed by atoms with E-state index in [1.54, 1.807) is 6.92 Å². The minimum absolute atomic E-state index is 0.0628. The molecule has 8 nitrogen and oxygen atoms in total. The molecular weight excluding hydrogens is 284 g/mol. The lowest BCUT2D eigenvalue weighted by Crippen LogP contribution is -2.23. The average molecular weight is 302 g/mol. The Morgan fingerprint density at radius 2 is 1.57 bits per heavy atom. The third-order valence-corrected chi connectivity index (χ3v) is 2.16. The molecule has 8 heteroatoms. The molecule has 1 atom stereocenters. The van der Waals surface area contributed by atoms with Crippen molar-refractivity contribution in [3.05, 3.63) is 12.2 Å². The van der Waals surface area contributed by atoms with Crippen LogP contribution in [0.3, 0.4) is 0 Å². The summed E-state index contributed by atoms with van der Waals surface area (Å²) in [6, 6.07) is 0. The largest absolute Gasteiger partial charge is 0.481 e. The van der Waals surface area contributed by atoms with Crippen molar-refractivity contribution in [1.82, 2.24) is 0 Å². The molecule has 0 aromatic heterocycles. The summed E-state index contributed by atoms with van der Waals surface area (Å²) in [4.78, 5) is 41.1. The van der Waals surface area contributed by atoms with Crippen LogP contribution in [-0.4, -0.2) is 46.8 Å². The van der Waals surface area contributed by atoms with Gasteiger partial charge in [-0.3, -0.25) is 9.59 Å². The van der Waals surface area contributed by atoms with E-state index in [1.165, 1.54) is 0 Å². The summed E-state index contributed by atoms with van der Waals surface area (Å²) in [6.45, 7) is 1.78. The topological polar surface area (TPSA) is 127 Å². The van der Waals surface area contributed by atoms with Crippen molar-refractivity contribution < 1.29 is 38.9 Å². The van der Waals surface area contributed by atoms with Gasteiger partial charge in [-0.1, -0.05) is 0 Å². The van der Waals surface area contributed by atoms with Gasteiger partial charge in [-0.05, 0) is 19.8 Å². The van der Waals surface area contributed by atoms with Crippen LogP contribution >= 0.6 is 0 Å². The van der Waals surface area contributed by atoms with E-state index in [-0.39, 0.29) is 25.6 Å². The van der Waals surface area contributed by atoms with Gasteiger partial charge in [0.1, 0.15) is 12.7 Å². The van der Waals surface area contributed by atoms with Crippen LogP contribution in [-0.2, 0) is 28.7 Å². The van der Waals surface area contributed by atoms with E-state index in [1.807, 2.05) is 0 Å². The molecule has 0 amide bonds. The zero-order valence-corrected chi connectivity index (χ0v) is 11.6. The molecule has 0 bridgehead atoms. The van der Waals surface area contributed by atoms with Crippen LogP contribution in [0.15, 0.2) is 12.2 Å². The number of carbonyl (C=O) groups is 4. The maximum atomic E-state index is 10.7. The summed E-state index contributed by atoms with van der Waals surface area (Å²) in [7, 11) is 0. The standard InChI is InChI=1S/C7H8O4.C6H10O4/c1-5-4-10-6(8)2-3-7(9)11-5;7-5(8)3-1-2-4-6(9)10/h2-3,5H,4H2,1H3;1-4H2,(H,7,8)(H,9,10)/b3-2-;. The van der Waals surface area contributed by atoms with Crippen LogP contribution in [0.5, 0.6) is 0 Å². The van der Waals surface area contributed by atoms with E-state index >= 15 is 0 Å². The molecule has 1 aliphatic rings. The molecular formula is C13H18O8. The number of cyclic esters (lactones) is 2. The molecule has 0 aliphatic carbocycles. The number of hydrogen-bond donors (Lipinski definition) is 2. The summed E-state index contributed by atoms with van der Waals surface area (Å²) in [5, 5.41) is 16.3. The van der Waals surface area contributed by atoms with E-state index < -0.39 is 23.9 Å². The SMILES string of the molecule is CC1COC(=O)/C=C\C(=O)O1.O=C(O)CCCCC(=O)O. The van der Waals surface area contributed by atoms with Crippen molar-refractivity contribution in [3.63, 3.8) is 0 Å². The van der Waals surface area contributed by atoms with Crippen molar-refractivity contribution in [2.75, 3.05) is 6.61 Å². The maximum absolute atomic E-state index is 10.7. The Balaban J connectivity index is 0.000000384. The van der Waals surface area contributed by atoms with E-state index in [4.69, 9.17) is 14.9 Å². The van der Waals surface area contributed by atoms with Crippen LogP contribution in [0.4, 0.5) is 0 Å². The second-order valence-electron chi connectivity index (χ2n) is 4.21. The van der Waals surface area contributed by atoms with Crippen molar-refractivity contribution in [2.24, 2.45) is 0 Å².